The van der Waals surface area contributed by atoms with Gasteiger partial charge in [-0.2, -0.15) is 10.5 Å². The number of carboxylic acids is 1. The van der Waals surface area contributed by atoms with Crippen molar-refractivity contribution in [3.05, 3.63) is 29.3 Å². The van der Waals surface area contributed by atoms with E-state index in [4.69, 9.17) is 5.26 Å². The lowest BCUT2D eigenvalue weighted by molar-refractivity contribution is -0.153. The summed E-state index contributed by atoms with van der Waals surface area (Å²) in [5, 5.41) is 28.4. The standard InChI is InChI=1S/C26H33N7O3/c1-19-15-20(16-27)5-6-23(19)30-11-13-31(14-12-30)24(34)21-7-10-33(17-22(21)25(35)36)26(29-18-28)32-8-3-2-4-9-32/h5-6,15,21-22H,2-4,7-14,17H2,1H3,(H,35,36). The molecule has 3 aliphatic rings. The summed E-state index contributed by atoms with van der Waals surface area (Å²) < 4.78 is 0. The average Bonchev–Trinajstić information content (AvgIpc) is 2.91. The normalized spacial score (nSPS) is 23.1. The van der Waals surface area contributed by atoms with Crippen LogP contribution in [0, 0.1) is 41.5 Å². The van der Waals surface area contributed by atoms with E-state index in [9.17, 15) is 20.0 Å². The molecule has 1 N–H and O–H groups in total. The first-order valence-electron chi connectivity index (χ1n) is 12.7. The third kappa shape index (κ3) is 5.38. The second-order valence-corrected chi connectivity index (χ2v) is 9.77. The number of piperidine rings is 2. The van der Waals surface area contributed by atoms with Crippen LogP contribution in [-0.4, -0.2) is 90.0 Å². The highest BCUT2D eigenvalue weighted by molar-refractivity contribution is 5.87. The largest absolute Gasteiger partial charge is 0.481 e. The second-order valence-electron chi connectivity index (χ2n) is 9.77. The van der Waals surface area contributed by atoms with Gasteiger partial charge >= 0.3 is 5.97 Å². The van der Waals surface area contributed by atoms with Gasteiger partial charge in [-0.05, 0) is 56.4 Å². The van der Waals surface area contributed by atoms with Crippen LogP contribution in [0.3, 0.4) is 0 Å². The number of likely N-dealkylation sites (tertiary alicyclic amines) is 2. The lowest BCUT2D eigenvalue weighted by Gasteiger charge is -2.43. The zero-order valence-electron chi connectivity index (χ0n) is 20.8. The molecule has 190 valence electrons. The van der Waals surface area contributed by atoms with Crippen molar-refractivity contribution < 1.29 is 14.7 Å². The van der Waals surface area contributed by atoms with Crippen LogP contribution in [0.4, 0.5) is 5.69 Å². The van der Waals surface area contributed by atoms with Gasteiger partial charge in [0.1, 0.15) is 0 Å². The van der Waals surface area contributed by atoms with E-state index in [-0.39, 0.29) is 12.5 Å². The summed E-state index contributed by atoms with van der Waals surface area (Å²) >= 11 is 0. The molecule has 0 spiro atoms. The average molecular weight is 492 g/mol. The van der Waals surface area contributed by atoms with Crippen LogP contribution in [0.2, 0.25) is 0 Å². The van der Waals surface area contributed by atoms with Gasteiger partial charge in [-0.15, -0.1) is 4.99 Å². The monoisotopic (exact) mass is 491 g/mol. The third-order valence-electron chi connectivity index (χ3n) is 7.58. The number of anilines is 1. The number of amides is 1. The molecule has 1 aromatic carbocycles. The first-order valence-corrected chi connectivity index (χ1v) is 12.7. The first kappa shape index (κ1) is 25.3. The molecule has 2 atom stereocenters. The smallest absolute Gasteiger partial charge is 0.309 e. The molecular weight excluding hydrogens is 458 g/mol. The molecule has 36 heavy (non-hydrogen) atoms. The quantitative estimate of drug-likeness (QED) is 0.386. The fourth-order valence-corrected chi connectivity index (χ4v) is 5.64. The molecule has 4 rings (SSSR count). The Morgan fingerprint density at radius 2 is 1.67 bits per heavy atom. The van der Waals surface area contributed by atoms with E-state index in [1.165, 1.54) is 0 Å². The van der Waals surface area contributed by atoms with Crippen molar-refractivity contribution in [2.24, 2.45) is 16.8 Å². The molecule has 0 saturated carbocycles. The van der Waals surface area contributed by atoms with E-state index in [0.29, 0.717) is 50.7 Å². The van der Waals surface area contributed by atoms with E-state index in [1.54, 1.807) is 11.0 Å². The topological polar surface area (TPSA) is 127 Å². The predicted molar refractivity (Wildman–Crippen MR) is 134 cm³/mol. The summed E-state index contributed by atoms with van der Waals surface area (Å²) in [6.45, 7) is 6.63. The van der Waals surface area contributed by atoms with Crippen molar-refractivity contribution in [2.45, 2.75) is 32.6 Å². The Kier molecular flexibility index (Phi) is 7.94. The highest BCUT2D eigenvalue weighted by Gasteiger charge is 2.42. The van der Waals surface area contributed by atoms with Gasteiger partial charge in [0.15, 0.2) is 0 Å². The minimum Gasteiger partial charge on any atom is -0.481 e. The first-order chi connectivity index (χ1) is 17.4. The van der Waals surface area contributed by atoms with Gasteiger partial charge in [-0.3, -0.25) is 9.59 Å². The van der Waals surface area contributed by atoms with Gasteiger partial charge in [0.25, 0.3) is 0 Å². The van der Waals surface area contributed by atoms with Gasteiger partial charge in [0.2, 0.25) is 18.1 Å². The Morgan fingerprint density at radius 1 is 0.944 bits per heavy atom. The van der Waals surface area contributed by atoms with Gasteiger partial charge < -0.3 is 24.7 Å². The molecule has 2 unspecified atom stereocenters. The van der Waals surface area contributed by atoms with Crippen LogP contribution < -0.4 is 4.90 Å². The van der Waals surface area contributed by atoms with E-state index in [2.05, 4.69) is 20.9 Å². The van der Waals surface area contributed by atoms with Crippen molar-refractivity contribution in [1.82, 2.24) is 14.7 Å². The van der Waals surface area contributed by atoms with E-state index in [0.717, 1.165) is 43.6 Å². The molecular formula is C26H33N7O3. The number of aryl methyl sites for hydroxylation is 1. The molecule has 3 fully saturated rings. The molecule has 3 aliphatic heterocycles. The van der Waals surface area contributed by atoms with Gasteiger partial charge in [-0.1, -0.05) is 0 Å². The van der Waals surface area contributed by atoms with Crippen LogP contribution in [0.1, 0.15) is 36.8 Å². The SMILES string of the molecule is Cc1cc(C#N)ccc1N1CCN(C(=O)C2CCN(C(=NC#N)N3CCCCC3)CC2C(=O)O)CC1. The molecule has 10 nitrogen and oxygen atoms in total. The fourth-order valence-electron chi connectivity index (χ4n) is 5.64. The van der Waals surface area contributed by atoms with Crippen LogP contribution in [0.5, 0.6) is 0 Å². The van der Waals surface area contributed by atoms with Crippen LogP contribution in [-0.2, 0) is 9.59 Å². The number of aliphatic carboxylic acids is 1. The third-order valence-corrected chi connectivity index (χ3v) is 7.58. The number of nitriles is 2. The Balaban J connectivity index is 1.40. The zero-order chi connectivity index (χ0) is 25.7. The lowest BCUT2D eigenvalue weighted by atomic mass is 9.84. The van der Waals surface area contributed by atoms with E-state index >= 15 is 0 Å². The van der Waals surface area contributed by atoms with Crippen LogP contribution >= 0.6 is 0 Å². The van der Waals surface area contributed by atoms with Crippen molar-refractivity contribution in [3.8, 4) is 12.3 Å². The maximum Gasteiger partial charge on any atom is 0.309 e. The van der Waals surface area contributed by atoms with E-state index < -0.39 is 17.8 Å². The number of rotatable bonds is 3. The summed E-state index contributed by atoms with van der Waals surface area (Å²) in [5.74, 6) is -1.99. The molecule has 3 saturated heterocycles. The van der Waals surface area contributed by atoms with Crippen LogP contribution in [0.15, 0.2) is 23.2 Å². The number of nitrogens with zero attached hydrogens (tertiary/aromatic N) is 7. The Morgan fingerprint density at radius 3 is 2.28 bits per heavy atom. The highest BCUT2D eigenvalue weighted by atomic mass is 16.4. The molecule has 0 bridgehead atoms. The molecule has 1 aromatic rings. The number of carboxylic acid groups (broad SMARTS) is 1. The van der Waals surface area contributed by atoms with Crippen molar-refractivity contribution in [1.29, 1.82) is 10.5 Å². The van der Waals surface area contributed by atoms with Gasteiger partial charge in [0, 0.05) is 58.0 Å². The zero-order valence-corrected chi connectivity index (χ0v) is 20.8. The number of aliphatic imine (C=N–C) groups is 1. The number of carbonyl (C=O) groups is 2. The van der Waals surface area contributed by atoms with Crippen molar-refractivity contribution in [2.75, 3.05) is 57.3 Å². The van der Waals surface area contributed by atoms with Gasteiger partial charge in [-0.25, -0.2) is 0 Å². The molecule has 0 radical (unpaired) electrons. The summed E-state index contributed by atoms with van der Waals surface area (Å²) in [7, 11) is 0. The number of piperazine rings is 1. The molecule has 0 aliphatic carbocycles. The highest BCUT2D eigenvalue weighted by Crippen LogP contribution is 2.29. The number of hydrogen-bond donors (Lipinski definition) is 1. The maximum atomic E-state index is 13.5. The number of hydrogen-bond acceptors (Lipinski definition) is 6. The lowest BCUT2D eigenvalue weighted by Crippen LogP contribution is -2.57. The van der Waals surface area contributed by atoms with Gasteiger partial charge in [0.05, 0.1) is 23.5 Å². The summed E-state index contributed by atoms with van der Waals surface area (Å²) in [5.41, 5.74) is 2.70. The number of carbonyl (C=O) groups excluding carboxylic acids is 1. The van der Waals surface area contributed by atoms with Crippen molar-refractivity contribution >= 4 is 23.5 Å². The Hall–Kier alpha value is -3.79. The predicted octanol–water partition coefficient (Wildman–Crippen LogP) is 1.86. The van der Waals surface area contributed by atoms with E-state index in [1.807, 2.05) is 30.1 Å². The molecule has 3 heterocycles. The Bertz CT molecular complexity index is 1090. The fraction of sp³-hybridized carbons (Fsp3) is 0.577. The molecule has 0 aromatic heterocycles. The minimum atomic E-state index is -0.986. The summed E-state index contributed by atoms with van der Waals surface area (Å²) in [6.07, 6.45) is 5.49. The van der Waals surface area contributed by atoms with Crippen LogP contribution in [0.25, 0.3) is 0 Å². The summed E-state index contributed by atoms with van der Waals surface area (Å²) in [6, 6.07) is 7.78. The molecule has 10 heteroatoms. The molecule has 1 amide bonds. The Labute approximate surface area is 212 Å². The maximum absolute atomic E-state index is 13.5. The second kappa shape index (κ2) is 11.3. The number of benzene rings is 1. The van der Waals surface area contributed by atoms with Crippen molar-refractivity contribution in [3.63, 3.8) is 0 Å². The minimum absolute atomic E-state index is 0.102. The number of guanidine groups is 1. The summed E-state index contributed by atoms with van der Waals surface area (Å²) in [4.78, 5) is 37.7.